The fourth-order valence-electron chi connectivity index (χ4n) is 1.88. The van der Waals surface area contributed by atoms with Crippen LogP contribution in [-0.2, 0) is 4.43 Å². The van der Waals surface area contributed by atoms with Crippen LogP contribution in [0.2, 0.25) is 19.6 Å². The van der Waals surface area contributed by atoms with Crippen molar-refractivity contribution in [2.45, 2.75) is 88.5 Å². The van der Waals surface area contributed by atoms with Gasteiger partial charge in [0.15, 0.2) is 8.32 Å². The largest absolute Gasteiger partial charge is 0.406 e. The molecule has 0 aliphatic carbocycles. The minimum absolute atomic E-state index is 0.444. The van der Waals surface area contributed by atoms with Crippen molar-refractivity contribution in [1.82, 2.24) is 0 Å². The summed E-state index contributed by atoms with van der Waals surface area (Å²) >= 11 is 2.46. The van der Waals surface area contributed by atoms with Crippen LogP contribution in [0.1, 0.15) is 64.7 Å². The quantitative estimate of drug-likeness (QED) is 0.184. The second kappa shape index (κ2) is 10.8. The standard InChI is InChI=1S/C14H31IOSi/c1-5-6-7-8-9-10-11-12-13-14(15)16-17(2,3)4/h14H,5-13H2,1-4H3. The highest BCUT2D eigenvalue weighted by molar-refractivity contribution is 14.1. The van der Waals surface area contributed by atoms with Gasteiger partial charge in [0.2, 0.25) is 0 Å². The lowest BCUT2D eigenvalue weighted by molar-refractivity contribution is 0.280. The van der Waals surface area contributed by atoms with Crippen molar-refractivity contribution in [2.24, 2.45) is 0 Å². The highest BCUT2D eigenvalue weighted by atomic mass is 127. The molecule has 0 aromatic heterocycles. The number of unbranched alkanes of at least 4 members (excludes halogenated alkanes) is 7. The van der Waals surface area contributed by atoms with Crippen LogP contribution in [0, 0.1) is 0 Å². The normalized spacial score (nSPS) is 13.9. The lowest BCUT2D eigenvalue weighted by Gasteiger charge is -2.22. The highest BCUT2D eigenvalue weighted by Crippen LogP contribution is 2.19. The third kappa shape index (κ3) is 14.8. The Morgan fingerprint density at radius 3 is 1.82 bits per heavy atom. The van der Waals surface area contributed by atoms with Gasteiger partial charge in [0.1, 0.15) is 0 Å². The number of hydrogen-bond donors (Lipinski definition) is 0. The fourth-order valence-corrected chi connectivity index (χ4v) is 5.50. The van der Waals surface area contributed by atoms with E-state index in [0.717, 1.165) is 0 Å². The molecule has 1 nitrogen and oxygen atoms in total. The first-order chi connectivity index (χ1) is 7.95. The van der Waals surface area contributed by atoms with E-state index < -0.39 is 8.32 Å². The smallest absolute Gasteiger partial charge is 0.185 e. The average molecular weight is 370 g/mol. The Bertz CT molecular complexity index is 168. The van der Waals surface area contributed by atoms with E-state index in [-0.39, 0.29) is 0 Å². The van der Waals surface area contributed by atoms with E-state index in [1.165, 1.54) is 57.8 Å². The van der Waals surface area contributed by atoms with E-state index in [4.69, 9.17) is 4.43 Å². The molecule has 0 heterocycles. The van der Waals surface area contributed by atoms with Gasteiger partial charge in [0, 0.05) is 0 Å². The van der Waals surface area contributed by atoms with E-state index in [1.807, 2.05) is 0 Å². The van der Waals surface area contributed by atoms with Crippen LogP contribution in [0.15, 0.2) is 0 Å². The van der Waals surface area contributed by atoms with Gasteiger partial charge in [-0.3, -0.25) is 0 Å². The molecule has 0 saturated heterocycles. The zero-order chi connectivity index (χ0) is 13.1. The van der Waals surface area contributed by atoms with E-state index in [2.05, 4.69) is 49.2 Å². The molecule has 104 valence electrons. The average Bonchev–Trinajstić information content (AvgIpc) is 2.19. The summed E-state index contributed by atoms with van der Waals surface area (Å²) in [5.74, 6) is 0. The Labute approximate surface area is 123 Å². The maximum atomic E-state index is 6.02. The van der Waals surface area contributed by atoms with E-state index >= 15 is 0 Å². The Morgan fingerprint density at radius 1 is 0.882 bits per heavy atom. The maximum Gasteiger partial charge on any atom is 0.185 e. The Kier molecular flexibility index (Phi) is 11.4. The van der Waals surface area contributed by atoms with Gasteiger partial charge < -0.3 is 4.43 Å². The Balaban J connectivity index is 3.22. The summed E-state index contributed by atoms with van der Waals surface area (Å²) in [6.07, 6.45) is 12.5. The van der Waals surface area contributed by atoms with Crippen LogP contribution in [0.4, 0.5) is 0 Å². The molecular formula is C14H31IOSi. The molecule has 1 unspecified atom stereocenters. The minimum atomic E-state index is -1.32. The topological polar surface area (TPSA) is 9.23 Å². The molecule has 0 aromatic rings. The van der Waals surface area contributed by atoms with Crippen molar-refractivity contribution >= 4 is 30.9 Å². The zero-order valence-electron chi connectivity index (χ0n) is 12.2. The number of alkyl halides is 1. The third-order valence-electron chi connectivity index (χ3n) is 2.77. The monoisotopic (exact) mass is 370 g/mol. The van der Waals surface area contributed by atoms with Crippen LogP contribution < -0.4 is 0 Å². The van der Waals surface area contributed by atoms with Gasteiger partial charge in [0.05, 0.1) is 4.11 Å². The molecule has 3 heteroatoms. The first-order valence-corrected chi connectivity index (χ1v) is 11.9. The van der Waals surface area contributed by atoms with Crippen molar-refractivity contribution in [1.29, 1.82) is 0 Å². The van der Waals surface area contributed by atoms with E-state index in [1.54, 1.807) is 0 Å². The van der Waals surface area contributed by atoms with Crippen molar-refractivity contribution in [3.8, 4) is 0 Å². The summed E-state index contributed by atoms with van der Waals surface area (Å²) < 4.78 is 6.47. The predicted octanol–water partition coefficient (Wildman–Crippen LogP) is 6.13. The molecule has 17 heavy (non-hydrogen) atoms. The van der Waals surface area contributed by atoms with E-state index in [0.29, 0.717) is 4.11 Å². The Morgan fingerprint density at radius 2 is 1.35 bits per heavy atom. The fraction of sp³-hybridized carbons (Fsp3) is 1.00. The van der Waals surface area contributed by atoms with Gasteiger partial charge in [-0.15, -0.1) is 0 Å². The van der Waals surface area contributed by atoms with Crippen molar-refractivity contribution in [3.63, 3.8) is 0 Å². The van der Waals surface area contributed by atoms with Crippen LogP contribution >= 0.6 is 22.6 Å². The Hall–Kier alpha value is 0.907. The van der Waals surface area contributed by atoms with Crippen LogP contribution in [-0.4, -0.2) is 12.4 Å². The summed E-state index contributed by atoms with van der Waals surface area (Å²) in [6, 6.07) is 0. The molecule has 0 fully saturated rings. The van der Waals surface area contributed by atoms with Gasteiger partial charge in [-0.05, 0) is 26.1 Å². The van der Waals surface area contributed by atoms with Gasteiger partial charge in [-0.2, -0.15) is 0 Å². The first-order valence-electron chi connectivity index (χ1n) is 7.27. The SMILES string of the molecule is CCCCCCCCCCC(I)O[Si](C)(C)C. The molecule has 0 bridgehead atoms. The van der Waals surface area contributed by atoms with Crippen molar-refractivity contribution < 1.29 is 4.43 Å². The number of hydrogen-bond acceptors (Lipinski definition) is 1. The number of halogens is 1. The zero-order valence-corrected chi connectivity index (χ0v) is 15.4. The second-order valence-electron chi connectivity index (χ2n) is 5.90. The van der Waals surface area contributed by atoms with Gasteiger partial charge in [-0.25, -0.2) is 0 Å². The third-order valence-corrected chi connectivity index (χ3v) is 5.11. The molecule has 0 aromatic carbocycles. The van der Waals surface area contributed by atoms with E-state index in [9.17, 15) is 0 Å². The molecule has 0 rings (SSSR count). The highest BCUT2D eigenvalue weighted by Gasteiger charge is 2.18. The summed E-state index contributed by atoms with van der Waals surface area (Å²) in [4.78, 5) is 0. The van der Waals surface area contributed by atoms with Gasteiger partial charge >= 0.3 is 0 Å². The lowest BCUT2D eigenvalue weighted by Crippen LogP contribution is -2.29. The van der Waals surface area contributed by atoms with Crippen molar-refractivity contribution in [3.05, 3.63) is 0 Å². The molecule has 0 radical (unpaired) electrons. The van der Waals surface area contributed by atoms with Crippen LogP contribution in [0.25, 0.3) is 0 Å². The minimum Gasteiger partial charge on any atom is -0.406 e. The molecule has 0 aliphatic rings. The second-order valence-corrected chi connectivity index (χ2v) is 11.8. The van der Waals surface area contributed by atoms with Crippen LogP contribution in [0.5, 0.6) is 0 Å². The molecule has 0 N–H and O–H groups in total. The number of rotatable bonds is 11. The summed E-state index contributed by atoms with van der Waals surface area (Å²) in [6.45, 7) is 9.09. The molecule has 0 spiro atoms. The first kappa shape index (κ1) is 17.9. The van der Waals surface area contributed by atoms with Gasteiger partial charge in [0.25, 0.3) is 0 Å². The van der Waals surface area contributed by atoms with Gasteiger partial charge in [-0.1, -0.05) is 80.9 Å². The molecule has 0 aliphatic heterocycles. The lowest BCUT2D eigenvalue weighted by atomic mass is 10.1. The molecule has 0 amide bonds. The summed E-state index contributed by atoms with van der Waals surface area (Å²) in [7, 11) is -1.32. The molecular weight excluding hydrogens is 339 g/mol. The van der Waals surface area contributed by atoms with Crippen LogP contribution in [0.3, 0.4) is 0 Å². The predicted molar refractivity (Wildman–Crippen MR) is 89.5 cm³/mol. The molecule has 0 saturated carbocycles. The maximum absolute atomic E-state index is 6.02. The van der Waals surface area contributed by atoms with Crippen molar-refractivity contribution in [2.75, 3.05) is 0 Å². The molecule has 1 atom stereocenters. The summed E-state index contributed by atoms with van der Waals surface area (Å²) in [5, 5.41) is 0. The summed E-state index contributed by atoms with van der Waals surface area (Å²) in [5.41, 5.74) is 0.